The van der Waals surface area contributed by atoms with Crippen LogP contribution in [0.3, 0.4) is 0 Å². The molecule has 1 spiro atoms. The molecule has 0 aromatic heterocycles. The highest BCUT2D eigenvalue weighted by molar-refractivity contribution is 5.69. The summed E-state index contributed by atoms with van der Waals surface area (Å²) in [7, 11) is 0. The molecule has 0 radical (unpaired) electrons. The number of hydrogen-bond donors (Lipinski definition) is 4. The van der Waals surface area contributed by atoms with Crippen LogP contribution in [0.4, 0.5) is 5.69 Å². The third kappa shape index (κ3) is 1.88. The van der Waals surface area contributed by atoms with Gasteiger partial charge >= 0.3 is 0 Å². The van der Waals surface area contributed by atoms with Crippen LogP contribution < -0.4 is 5.73 Å². The molecule has 4 rings (SSSR count). The van der Waals surface area contributed by atoms with Crippen LogP contribution >= 0.6 is 0 Å². The van der Waals surface area contributed by atoms with E-state index in [9.17, 15) is 15.3 Å². The van der Waals surface area contributed by atoms with Gasteiger partial charge < -0.3 is 21.1 Å². The molecule has 2 aromatic rings. The second-order valence-corrected chi connectivity index (χ2v) is 9.02. The topological polar surface area (TPSA) is 86.7 Å². The molecule has 4 nitrogen and oxygen atoms in total. The lowest BCUT2D eigenvalue weighted by Crippen LogP contribution is -2.27. The van der Waals surface area contributed by atoms with E-state index >= 15 is 0 Å². The number of aromatic hydroxyl groups is 3. The van der Waals surface area contributed by atoms with Gasteiger partial charge in [-0.1, -0.05) is 33.8 Å². The second-order valence-electron chi connectivity index (χ2n) is 9.02. The summed E-state index contributed by atoms with van der Waals surface area (Å²) >= 11 is 0. The van der Waals surface area contributed by atoms with Crippen LogP contribution in [-0.4, -0.2) is 15.3 Å². The zero-order valence-electron chi connectivity index (χ0n) is 15.1. The molecular weight excluding hydrogens is 314 g/mol. The lowest BCUT2D eigenvalue weighted by atomic mass is 9.72. The number of anilines is 1. The normalized spacial score (nSPS) is 25.1. The molecule has 0 bridgehead atoms. The van der Waals surface area contributed by atoms with Crippen molar-refractivity contribution >= 4 is 5.69 Å². The molecule has 132 valence electrons. The third-order valence-electron chi connectivity index (χ3n) is 6.26. The molecule has 1 unspecified atom stereocenters. The first-order valence-electron chi connectivity index (χ1n) is 8.69. The molecule has 1 atom stereocenters. The maximum Gasteiger partial charge on any atom is 0.161 e. The van der Waals surface area contributed by atoms with Gasteiger partial charge in [0.25, 0.3) is 0 Å². The fourth-order valence-corrected chi connectivity index (χ4v) is 5.45. The van der Waals surface area contributed by atoms with E-state index < -0.39 is 5.41 Å². The predicted octanol–water partition coefficient (Wildman–Crippen LogP) is 4.03. The van der Waals surface area contributed by atoms with Crippen LogP contribution in [0.2, 0.25) is 0 Å². The smallest absolute Gasteiger partial charge is 0.161 e. The Hall–Kier alpha value is -2.36. The van der Waals surface area contributed by atoms with Gasteiger partial charge in [0, 0.05) is 11.0 Å². The Kier molecular flexibility index (Phi) is 2.85. The van der Waals surface area contributed by atoms with Crippen molar-refractivity contribution in [3.63, 3.8) is 0 Å². The Bertz CT molecular complexity index is 914. The molecule has 0 aliphatic heterocycles. The maximum absolute atomic E-state index is 10.8. The van der Waals surface area contributed by atoms with E-state index in [1.165, 1.54) is 0 Å². The minimum absolute atomic E-state index is 0.0389. The van der Waals surface area contributed by atoms with Crippen LogP contribution in [-0.2, 0) is 16.2 Å². The monoisotopic (exact) mass is 339 g/mol. The molecule has 5 N–H and O–H groups in total. The first kappa shape index (κ1) is 16.1. The van der Waals surface area contributed by atoms with E-state index in [4.69, 9.17) is 5.73 Å². The fourth-order valence-electron chi connectivity index (χ4n) is 5.45. The summed E-state index contributed by atoms with van der Waals surface area (Å²) in [4.78, 5) is 0. The largest absolute Gasteiger partial charge is 0.506 e. The highest BCUT2D eigenvalue weighted by Gasteiger charge is 2.57. The molecule has 0 saturated heterocycles. The first-order valence-corrected chi connectivity index (χ1v) is 8.69. The minimum atomic E-state index is -0.439. The highest BCUT2D eigenvalue weighted by Crippen LogP contribution is 2.65. The fraction of sp³-hybridized carbons (Fsp3) is 0.429. The molecule has 2 aromatic carbocycles. The van der Waals surface area contributed by atoms with E-state index in [0.717, 1.165) is 35.1 Å². The molecule has 0 fully saturated rings. The quantitative estimate of drug-likeness (QED) is 0.431. The van der Waals surface area contributed by atoms with Crippen molar-refractivity contribution in [2.45, 2.75) is 56.8 Å². The van der Waals surface area contributed by atoms with Crippen molar-refractivity contribution in [3.05, 3.63) is 46.5 Å². The van der Waals surface area contributed by atoms with Gasteiger partial charge in [-0.2, -0.15) is 0 Å². The lowest BCUT2D eigenvalue weighted by Gasteiger charge is -2.31. The molecule has 0 amide bonds. The summed E-state index contributed by atoms with van der Waals surface area (Å²) in [5.41, 5.74) is 9.59. The number of nitrogen functional groups attached to an aromatic ring is 1. The van der Waals surface area contributed by atoms with Crippen molar-refractivity contribution in [2.75, 3.05) is 5.73 Å². The number of phenols is 3. The van der Waals surface area contributed by atoms with Gasteiger partial charge in [-0.25, -0.2) is 0 Å². The Morgan fingerprint density at radius 3 is 2.04 bits per heavy atom. The predicted molar refractivity (Wildman–Crippen MR) is 98.4 cm³/mol. The van der Waals surface area contributed by atoms with Gasteiger partial charge in [0.1, 0.15) is 5.75 Å². The Labute approximate surface area is 147 Å². The second kappa shape index (κ2) is 4.43. The van der Waals surface area contributed by atoms with Gasteiger partial charge in [0.2, 0.25) is 0 Å². The molecule has 0 heterocycles. The van der Waals surface area contributed by atoms with Gasteiger partial charge in [-0.05, 0) is 58.6 Å². The van der Waals surface area contributed by atoms with Crippen molar-refractivity contribution in [3.8, 4) is 17.2 Å². The molecule has 0 saturated carbocycles. The van der Waals surface area contributed by atoms with Crippen molar-refractivity contribution < 1.29 is 15.3 Å². The SMILES string of the molecule is CC1(C)CC2(CC(C)(C)c3ccc(O)c(O)c32)c2cc(O)c(N)cc21. The van der Waals surface area contributed by atoms with Gasteiger partial charge in [0.05, 0.1) is 5.69 Å². The average Bonchev–Trinajstić information content (AvgIpc) is 2.84. The first-order chi connectivity index (χ1) is 11.5. The Morgan fingerprint density at radius 1 is 0.800 bits per heavy atom. The van der Waals surface area contributed by atoms with Crippen molar-refractivity contribution in [2.24, 2.45) is 0 Å². The summed E-state index contributed by atoms with van der Waals surface area (Å²) in [6.07, 6.45) is 1.61. The van der Waals surface area contributed by atoms with Gasteiger partial charge in [0.15, 0.2) is 11.5 Å². The zero-order chi connectivity index (χ0) is 18.4. The van der Waals surface area contributed by atoms with Crippen LogP contribution in [0, 0.1) is 0 Å². The Morgan fingerprint density at radius 2 is 1.40 bits per heavy atom. The number of benzene rings is 2. The molecule has 2 aliphatic rings. The van der Waals surface area contributed by atoms with Crippen LogP contribution in [0.15, 0.2) is 24.3 Å². The highest BCUT2D eigenvalue weighted by atomic mass is 16.3. The maximum atomic E-state index is 10.8. The Balaban J connectivity index is 2.11. The number of hydrogen-bond acceptors (Lipinski definition) is 4. The average molecular weight is 339 g/mol. The molecule has 25 heavy (non-hydrogen) atoms. The molecule has 4 heteroatoms. The minimum Gasteiger partial charge on any atom is -0.506 e. The summed E-state index contributed by atoms with van der Waals surface area (Å²) in [5, 5.41) is 31.2. The van der Waals surface area contributed by atoms with Gasteiger partial charge in [-0.3, -0.25) is 0 Å². The molecule has 2 aliphatic carbocycles. The number of rotatable bonds is 0. The zero-order valence-corrected chi connectivity index (χ0v) is 15.1. The standard InChI is InChI=1S/C21H25NO3/c1-19(2)9-21(17-11(19)5-6-15(23)18(17)25)10-20(3,4)12-7-14(22)16(24)8-13(12)21/h5-8,23-25H,9-10,22H2,1-4H3. The summed E-state index contributed by atoms with van der Waals surface area (Å²) in [6, 6.07) is 7.11. The number of fused-ring (bicyclic) bond motifs is 4. The van der Waals surface area contributed by atoms with Gasteiger partial charge in [-0.15, -0.1) is 0 Å². The summed E-state index contributed by atoms with van der Waals surface area (Å²) < 4.78 is 0. The summed E-state index contributed by atoms with van der Waals surface area (Å²) in [5.74, 6) is -0.0634. The van der Waals surface area contributed by atoms with E-state index in [1.54, 1.807) is 12.1 Å². The number of phenolic OH excluding ortho intramolecular Hbond substituents is 3. The van der Waals surface area contributed by atoms with E-state index in [1.807, 2.05) is 12.1 Å². The van der Waals surface area contributed by atoms with E-state index in [0.29, 0.717) is 5.69 Å². The van der Waals surface area contributed by atoms with Crippen molar-refractivity contribution in [1.29, 1.82) is 0 Å². The number of nitrogens with two attached hydrogens (primary N) is 1. The molecular formula is C21H25NO3. The van der Waals surface area contributed by atoms with E-state index in [2.05, 4.69) is 27.7 Å². The van der Waals surface area contributed by atoms with Crippen LogP contribution in [0.1, 0.15) is 62.8 Å². The summed E-state index contributed by atoms with van der Waals surface area (Å²) in [6.45, 7) is 8.67. The van der Waals surface area contributed by atoms with Crippen LogP contribution in [0.25, 0.3) is 0 Å². The van der Waals surface area contributed by atoms with Crippen LogP contribution in [0.5, 0.6) is 17.2 Å². The van der Waals surface area contributed by atoms with E-state index in [-0.39, 0.29) is 28.1 Å². The lowest BCUT2D eigenvalue weighted by molar-refractivity contribution is 0.337. The third-order valence-corrected chi connectivity index (χ3v) is 6.26. The van der Waals surface area contributed by atoms with Crippen molar-refractivity contribution in [1.82, 2.24) is 0 Å².